The monoisotopic (exact) mass is 371 g/mol. The summed E-state index contributed by atoms with van der Waals surface area (Å²) < 4.78 is 8.05. The van der Waals surface area contributed by atoms with Crippen LogP contribution in [0.4, 0.5) is 16.2 Å². The molecule has 136 valence electrons. The predicted molar refractivity (Wildman–Crippen MR) is 105 cm³/mol. The molecule has 7 heteroatoms. The summed E-state index contributed by atoms with van der Waals surface area (Å²) in [5, 5.41) is 8.63. The number of nitrogens with zero attached hydrogens (tertiary/aromatic N) is 1. The highest BCUT2D eigenvalue weighted by molar-refractivity contribution is 7.17. The molecule has 0 atom stereocenters. The van der Waals surface area contributed by atoms with Crippen LogP contribution in [-0.4, -0.2) is 22.2 Å². The maximum atomic E-state index is 12.6. The topological polar surface area (TPSA) is 72.4 Å². The fourth-order valence-electron chi connectivity index (χ4n) is 2.52. The first-order valence-electron chi connectivity index (χ1n) is 8.16. The Hall–Kier alpha value is -2.80. The third-order valence-electron chi connectivity index (χ3n) is 3.59. The first-order chi connectivity index (χ1) is 12.2. The Morgan fingerprint density at radius 1 is 1.08 bits per heavy atom. The molecule has 0 saturated carbocycles. The Morgan fingerprint density at radius 2 is 1.85 bits per heavy atom. The number of thiophene rings is 1. The van der Waals surface area contributed by atoms with Crippen LogP contribution in [0.1, 0.15) is 31.3 Å². The van der Waals surface area contributed by atoms with Crippen LogP contribution in [0, 0.1) is 0 Å². The molecule has 2 heterocycles. The van der Waals surface area contributed by atoms with Crippen molar-refractivity contribution in [3.05, 3.63) is 47.6 Å². The van der Waals surface area contributed by atoms with Crippen LogP contribution in [0.25, 0.3) is 10.1 Å². The number of hydrogen-bond acceptors (Lipinski definition) is 4. The molecule has 0 bridgehead atoms. The number of benzene rings is 1. The summed E-state index contributed by atoms with van der Waals surface area (Å²) in [6, 6.07) is 9.42. The molecule has 0 fully saturated rings. The SMILES string of the molecule is Cn1cc(NC(=O)OC(C)(C)C)cc1C(=O)Nc1ccc2sccc2c1. The van der Waals surface area contributed by atoms with E-state index in [1.807, 2.05) is 29.6 Å². The van der Waals surface area contributed by atoms with E-state index in [9.17, 15) is 9.59 Å². The Balaban J connectivity index is 1.71. The molecule has 0 aliphatic carbocycles. The van der Waals surface area contributed by atoms with E-state index in [0.717, 1.165) is 11.1 Å². The van der Waals surface area contributed by atoms with Crippen molar-refractivity contribution in [1.29, 1.82) is 0 Å². The van der Waals surface area contributed by atoms with Gasteiger partial charge in [0.1, 0.15) is 11.3 Å². The molecular formula is C19H21N3O3S. The van der Waals surface area contributed by atoms with Crippen LogP contribution in [0.2, 0.25) is 0 Å². The number of fused-ring (bicyclic) bond motifs is 1. The third-order valence-corrected chi connectivity index (χ3v) is 4.49. The molecule has 0 aliphatic heterocycles. The van der Waals surface area contributed by atoms with E-state index in [4.69, 9.17) is 4.74 Å². The molecule has 6 nitrogen and oxygen atoms in total. The van der Waals surface area contributed by atoms with Crippen molar-refractivity contribution in [2.24, 2.45) is 7.05 Å². The van der Waals surface area contributed by atoms with Crippen LogP contribution in [0.5, 0.6) is 0 Å². The summed E-state index contributed by atoms with van der Waals surface area (Å²) in [7, 11) is 1.75. The van der Waals surface area contributed by atoms with Crippen molar-refractivity contribution in [2.75, 3.05) is 10.6 Å². The molecule has 26 heavy (non-hydrogen) atoms. The second kappa shape index (κ2) is 6.84. The smallest absolute Gasteiger partial charge is 0.412 e. The second-order valence-corrected chi connectivity index (χ2v) is 7.93. The maximum absolute atomic E-state index is 12.6. The largest absolute Gasteiger partial charge is 0.444 e. The Labute approximate surface area is 155 Å². The number of aromatic nitrogens is 1. The second-order valence-electron chi connectivity index (χ2n) is 6.98. The molecule has 2 aromatic heterocycles. The summed E-state index contributed by atoms with van der Waals surface area (Å²) >= 11 is 1.66. The highest BCUT2D eigenvalue weighted by Crippen LogP contribution is 2.24. The van der Waals surface area contributed by atoms with Gasteiger partial charge in [0.15, 0.2) is 0 Å². The average Bonchev–Trinajstić information content (AvgIpc) is 3.11. The maximum Gasteiger partial charge on any atom is 0.412 e. The van der Waals surface area contributed by atoms with Crippen LogP contribution < -0.4 is 10.6 Å². The van der Waals surface area contributed by atoms with Crippen molar-refractivity contribution in [3.8, 4) is 0 Å². The van der Waals surface area contributed by atoms with Crippen molar-refractivity contribution in [2.45, 2.75) is 26.4 Å². The Bertz CT molecular complexity index is 966. The van der Waals surface area contributed by atoms with Gasteiger partial charge in [0.2, 0.25) is 0 Å². The molecule has 3 rings (SSSR count). The number of carbonyl (C=O) groups is 2. The van der Waals surface area contributed by atoms with Crippen LogP contribution in [0.15, 0.2) is 41.9 Å². The van der Waals surface area contributed by atoms with Crippen LogP contribution in [0.3, 0.4) is 0 Å². The van der Waals surface area contributed by atoms with Gasteiger partial charge in [-0.2, -0.15) is 0 Å². The van der Waals surface area contributed by atoms with Gasteiger partial charge in [-0.25, -0.2) is 4.79 Å². The molecule has 0 saturated heterocycles. The third kappa shape index (κ3) is 4.23. The molecule has 0 radical (unpaired) electrons. The van der Waals surface area contributed by atoms with Gasteiger partial charge in [0.25, 0.3) is 5.91 Å². The molecule has 0 aliphatic rings. The van der Waals surface area contributed by atoms with Crippen LogP contribution >= 0.6 is 11.3 Å². The zero-order valence-corrected chi connectivity index (χ0v) is 15.9. The highest BCUT2D eigenvalue weighted by atomic mass is 32.1. The van der Waals surface area contributed by atoms with E-state index >= 15 is 0 Å². The number of amides is 2. The zero-order valence-electron chi connectivity index (χ0n) is 15.1. The molecular weight excluding hydrogens is 350 g/mol. The summed E-state index contributed by atoms with van der Waals surface area (Å²) in [4.78, 5) is 24.4. The van der Waals surface area contributed by atoms with Gasteiger partial charge in [-0.1, -0.05) is 0 Å². The first kappa shape index (κ1) is 18.0. The van der Waals surface area contributed by atoms with Crippen molar-refractivity contribution in [3.63, 3.8) is 0 Å². The van der Waals surface area contributed by atoms with Gasteiger partial charge in [0.05, 0.1) is 5.69 Å². The summed E-state index contributed by atoms with van der Waals surface area (Å²) in [5.74, 6) is -0.251. The minimum atomic E-state index is -0.584. The number of hydrogen-bond donors (Lipinski definition) is 2. The lowest BCUT2D eigenvalue weighted by Crippen LogP contribution is -2.27. The highest BCUT2D eigenvalue weighted by Gasteiger charge is 2.18. The van der Waals surface area contributed by atoms with Crippen molar-refractivity contribution in [1.82, 2.24) is 4.57 Å². The van der Waals surface area contributed by atoms with Gasteiger partial charge >= 0.3 is 6.09 Å². The Morgan fingerprint density at radius 3 is 2.58 bits per heavy atom. The first-order valence-corrected chi connectivity index (χ1v) is 9.04. The van der Waals surface area contributed by atoms with E-state index in [1.54, 1.807) is 56.0 Å². The average molecular weight is 371 g/mol. The van der Waals surface area contributed by atoms with Gasteiger partial charge in [-0.05, 0) is 61.9 Å². The van der Waals surface area contributed by atoms with E-state index in [1.165, 1.54) is 4.70 Å². The lowest BCUT2D eigenvalue weighted by atomic mass is 10.2. The number of nitrogens with one attached hydrogen (secondary N) is 2. The standard InChI is InChI=1S/C19H21N3O3S/c1-19(2,3)25-18(24)21-14-10-15(22(4)11-14)17(23)20-13-5-6-16-12(9-13)7-8-26-16/h5-11H,1-4H3,(H,20,23)(H,21,24). The number of carbonyl (C=O) groups excluding carboxylic acids is 2. The van der Waals surface area contributed by atoms with Crippen molar-refractivity contribution >= 4 is 44.8 Å². The van der Waals surface area contributed by atoms with E-state index < -0.39 is 11.7 Å². The molecule has 0 unspecified atom stereocenters. The van der Waals surface area contributed by atoms with Crippen LogP contribution in [-0.2, 0) is 11.8 Å². The van der Waals surface area contributed by atoms with Gasteiger partial charge in [-0.15, -0.1) is 11.3 Å². The fourth-order valence-corrected chi connectivity index (χ4v) is 3.29. The quantitative estimate of drug-likeness (QED) is 0.692. The minimum absolute atomic E-state index is 0.251. The molecule has 3 aromatic rings. The lowest BCUT2D eigenvalue weighted by molar-refractivity contribution is 0.0635. The van der Waals surface area contributed by atoms with Gasteiger partial charge in [0, 0.05) is 23.6 Å². The van der Waals surface area contributed by atoms with Crippen molar-refractivity contribution < 1.29 is 14.3 Å². The summed E-state index contributed by atoms with van der Waals surface area (Å²) in [6.07, 6.45) is 1.11. The van der Waals surface area contributed by atoms with Gasteiger partial charge < -0.3 is 14.6 Å². The number of ether oxygens (including phenoxy) is 1. The fraction of sp³-hybridized carbons (Fsp3) is 0.263. The molecule has 0 spiro atoms. The summed E-state index contributed by atoms with van der Waals surface area (Å²) in [5.41, 5.74) is 1.07. The van der Waals surface area contributed by atoms with Gasteiger partial charge in [-0.3, -0.25) is 10.1 Å². The summed E-state index contributed by atoms with van der Waals surface area (Å²) in [6.45, 7) is 5.38. The molecule has 2 N–H and O–H groups in total. The number of aryl methyl sites for hydroxylation is 1. The normalized spacial score (nSPS) is 11.4. The van der Waals surface area contributed by atoms with E-state index in [0.29, 0.717) is 11.4 Å². The minimum Gasteiger partial charge on any atom is -0.444 e. The molecule has 2 amide bonds. The Kier molecular flexibility index (Phi) is 4.73. The molecule has 1 aromatic carbocycles. The number of anilines is 2. The predicted octanol–water partition coefficient (Wildman–Crippen LogP) is 4.84. The lowest BCUT2D eigenvalue weighted by Gasteiger charge is -2.19. The van der Waals surface area contributed by atoms with E-state index in [2.05, 4.69) is 10.6 Å². The number of rotatable bonds is 3. The zero-order chi connectivity index (χ0) is 18.9. The van der Waals surface area contributed by atoms with E-state index in [-0.39, 0.29) is 5.91 Å².